The molecule has 1 fully saturated rings. The molecule has 0 unspecified atom stereocenters. The van der Waals surface area contributed by atoms with Gasteiger partial charge in [0.1, 0.15) is 5.82 Å². The Morgan fingerprint density at radius 3 is 3.00 bits per heavy atom. The van der Waals surface area contributed by atoms with Crippen LogP contribution in [0.15, 0.2) is 28.7 Å². The van der Waals surface area contributed by atoms with E-state index in [4.69, 9.17) is 12.2 Å². The third-order valence-corrected chi connectivity index (χ3v) is 3.72. The van der Waals surface area contributed by atoms with E-state index in [9.17, 15) is 0 Å². The van der Waals surface area contributed by atoms with E-state index in [1.54, 1.807) is 0 Å². The molecule has 1 N–H and O–H groups in total. The van der Waals surface area contributed by atoms with E-state index in [1.807, 2.05) is 12.1 Å². The van der Waals surface area contributed by atoms with Gasteiger partial charge in [0.05, 0.1) is 0 Å². The highest BCUT2D eigenvalue weighted by Crippen LogP contribution is 2.36. The van der Waals surface area contributed by atoms with Gasteiger partial charge in [-0.1, -0.05) is 28.1 Å². The van der Waals surface area contributed by atoms with Crippen LogP contribution in [0.25, 0.3) is 0 Å². The highest BCUT2D eigenvalue weighted by atomic mass is 79.9. The van der Waals surface area contributed by atoms with Gasteiger partial charge in [0.25, 0.3) is 0 Å². The predicted molar refractivity (Wildman–Crippen MR) is 72.6 cm³/mol. The number of nitrogens with one attached hydrogen (secondary N) is 1. The third kappa shape index (κ3) is 2.35. The van der Waals surface area contributed by atoms with Crippen molar-refractivity contribution in [1.29, 1.82) is 0 Å². The molecule has 0 atom stereocenters. The lowest BCUT2D eigenvalue weighted by atomic mass is 10.1. The lowest BCUT2D eigenvalue weighted by Crippen LogP contribution is -2.02. The lowest BCUT2D eigenvalue weighted by molar-refractivity contribution is 0.685. The van der Waals surface area contributed by atoms with Crippen molar-refractivity contribution in [1.82, 2.24) is 14.8 Å². The van der Waals surface area contributed by atoms with Gasteiger partial charge in [-0.25, -0.2) is 0 Å². The van der Waals surface area contributed by atoms with Crippen LogP contribution in [-0.2, 0) is 6.42 Å². The second kappa shape index (κ2) is 4.38. The van der Waals surface area contributed by atoms with Gasteiger partial charge in [-0.2, -0.15) is 5.10 Å². The summed E-state index contributed by atoms with van der Waals surface area (Å²) in [7, 11) is 0. The van der Waals surface area contributed by atoms with E-state index in [2.05, 4.69) is 42.8 Å². The normalized spacial score (nSPS) is 15.1. The first-order valence-corrected chi connectivity index (χ1v) is 6.84. The van der Waals surface area contributed by atoms with E-state index in [0.29, 0.717) is 6.04 Å². The zero-order chi connectivity index (χ0) is 11.8. The smallest absolute Gasteiger partial charge is 0.195 e. The van der Waals surface area contributed by atoms with Crippen molar-refractivity contribution >= 4 is 28.1 Å². The van der Waals surface area contributed by atoms with E-state index in [0.717, 1.165) is 21.5 Å². The highest BCUT2D eigenvalue weighted by Gasteiger charge is 2.27. The van der Waals surface area contributed by atoms with Gasteiger partial charge in [0.2, 0.25) is 0 Å². The van der Waals surface area contributed by atoms with Gasteiger partial charge < -0.3 is 4.57 Å². The average molecular weight is 310 g/mol. The molecule has 5 heteroatoms. The van der Waals surface area contributed by atoms with Crippen LogP contribution in [0.4, 0.5) is 0 Å². The van der Waals surface area contributed by atoms with Gasteiger partial charge in [-0.05, 0) is 42.8 Å². The van der Waals surface area contributed by atoms with Crippen molar-refractivity contribution in [2.24, 2.45) is 0 Å². The Kier molecular flexibility index (Phi) is 2.88. The van der Waals surface area contributed by atoms with Gasteiger partial charge >= 0.3 is 0 Å². The number of benzene rings is 1. The fourth-order valence-corrected chi connectivity index (χ4v) is 2.75. The zero-order valence-corrected chi connectivity index (χ0v) is 11.6. The number of H-pyrrole nitrogens is 1. The standard InChI is InChI=1S/C12H12BrN3S/c13-9-3-1-2-8(6-9)7-11-14-15-12(17)16(11)10-4-5-10/h1-3,6,10H,4-5,7H2,(H,15,17). The topological polar surface area (TPSA) is 33.6 Å². The summed E-state index contributed by atoms with van der Waals surface area (Å²) in [5, 5.41) is 7.23. The maximum absolute atomic E-state index is 5.27. The first kappa shape index (κ1) is 11.2. The molecule has 3 nitrogen and oxygen atoms in total. The molecule has 0 bridgehead atoms. The van der Waals surface area contributed by atoms with E-state index in [-0.39, 0.29) is 0 Å². The minimum atomic E-state index is 0.573. The van der Waals surface area contributed by atoms with Crippen LogP contribution >= 0.6 is 28.1 Å². The van der Waals surface area contributed by atoms with Crippen molar-refractivity contribution in [3.05, 3.63) is 44.9 Å². The largest absolute Gasteiger partial charge is 0.301 e. The summed E-state index contributed by atoms with van der Waals surface area (Å²) in [4.78, 5) is 0. The SMILES string of the molecule is S=c1[nH]nc(Cc2cccc(Br)c2)n1C1CC1. The molecule has 0 saturated heterocycles. The first-order valence-electron chi connectivity index (χ1n) is 5.64. The van der Waals surface area contributed by atoms with Crippen molar-refractivity contribution in [3.8, 4) is 0 Å². The number of hydrogen-bond acceptors (Lipinski definition) is 2. The Hall–Kier alpha value is -0.940. The minimum absolute atomic E-state index is 0.573. The molecule has 0 radical (unpaired) electrons. The van der Waals surface area contributed by atoms with Crippen molar-refractivity contribution in [3.63, 3.8) is 0 Å². The number of rotatable bonds is 3. The van der Waals surface area contributed by atoms with Crippen LogP contribution in [-0.4, -0.2) is 14.8 Å². The first-order chi connectivity index (χ1) is 8.24. The molecule has 0 spiro atoms. The highest BCUT2D eigenvalue weighted by molar-refractivity contribution is 9.10. The number of aromatic nitrogens is 3. The third-order valence-electron chi connectivity index (χ3n) is 2.94. The molecule has 2 aromatic rings. The molecule has 88 valence electrons. The van der Waals surface area contributed by atoms with Crippen LogP contribution in [0.1, 0.15) is 30.3 Å². The molecule has 0 amide bonds. The minimum Gasteiger partial charge on any atom is -0.301 e. The maximum atomic E-state index is 5.27. The van der Waals surface area contributed by atoms with E-state index >= 15 is 0 Å². The van der Waals surface area contributed by atoms with E-state index in [1.165, 1.54) is 18.4 Å². The number of aromatic amines is 1. The molecule has 3 rings (SSSR count). The molecule has 1 heterocycles. The second-order valence-corrected chi connectivity index (χ2v) is 5.66. The summed E-state index contributed by atoms with van der Waals surface area (Å²) in [5.74, 6) is 1.04. The second-order valence-electron chi connectivity index (χ2n) is 4.35. The van der Waals surface area contributed by atoms with Gasteiger partial charge in [0, 0.05) is 16.9 Å². The van der Waals surface area contributed by atoms with Crippen LogP contribution in [0, 0.1) is 4.77 Å². The number of hydrogen-bond donors (Lipinski definition) is 1. The Balaban J connectivity index is 1.92. The fourth-order valence-electron chi connectivity index (χ4n) is 2.00. The van der Waals surface area contributed by atoms with Gasteiger partial charge in [-0.15, -0.1) is 0 Å². The molecular formula is C12H12BrN3S. The molecule has 1 aromatic carbocycles. The van der Waals surface area contributed by atoms with Crippen molar-refractivity contribution in [2.75, 3.05) is 0 Å². The Morgan fingerprint density at radius 1 is 1.47 bits per heavy atom. The van der Waals surface area contributed by atoms with Crippen LogP contribution in [0.3, 0.4) is 0 Å². The molecule has 17 heavy (non-hydrogen) atoms. The summed E-state index contributed by atoms with van der Waals surface area (Å²) in [6, 6.07) is 8.88. The quantitative estimate of drug-likeness (QED) is 0.878. The van der Waals surface area contributed by atoms with E-state index < -0.39 is 0 Å². The Bertz CT molecular complexity index is 598. The fraction of sp³-hybridized carbons (Fsp3) is 0.333. The number of nitrogens with zero attached hydrogens (tertiary/aromatic N) is 2. The lowest BCUT2D eigenvalue weighted by Gasteiger charge is -2.05. The Labute approximate surface area is 113 Å². The summed E-state index contributed by atoms with van der Waals surface area (Å²) in [6.45, 7) is 0. The van der Waals surface area contributed by atoms with Gasteiger partial charge in [-0.3, -0.25) is 5.10 Å². The maximum Gasteiger partial charge on any atom is 0.195 e. The van der Waals surface area contributed by atoms with Crippen LogP contribution in [0.5, 0.6) is 0 Å². The summed E-state index contributed by atoms with van der Waals surface area (Å²) in [6.07, 6.45) is 3.27. The molecule has 0 aliphatic heterocycles. The summed E-state index contributed by atoms with van der Waals surface area (Å²) in [5.41, 5.74) is 1.25. The number of halogens is 1. The monoisotopic (exact) mass is 309 g/mol. The summed E-state index contributed by atoms with van der Waals surface area (Å²) < 4.78 is 4.01. The van der Waals surface area contributed by atoms with Crippen LogP contribution < -0.4 is 0 Å². The van der Waals surface area contributed by atoms with Crippen molar-refractivity contribution in [2.45, 2.75) is 25.3 Å². The molecule has 1 aliphatic carbocycles. The summed E-state index contributed by atoms with van der Waals surface area (Å²) >= 11 is 8.75. The van der Waals surface area contributed by atoms with Gasteiger partial charge in [0.15, 0.2) is 4.77 Å². The average Bonchev–Trinajstić information content (AvgIpc) is 3.05. The van der Waals surface area contributed by atoms with Crippen LogP contribution in [0.2, 0.25) is 0 Å². The zero-order valence-electron chi connectivity index (χ0n) is 9.19. The molecule has 1 saturated carbocycles. The molecular weight excluding hydrogens is 298 g/mol. The van der Waals surface area contributed by atoms with Crippen molar-refractivity contribution < 1.29 is 0 Å². The molecule has 1 aromatic heterocycles. The Morgan fingerprint density at radius 2 is 2.29 bits per heavy atom. The predicted octanol–water partition coefficient (Wildman–Crippen LogP) is 3.63. The molecule has 1 aliphatic rings.